The van der Waals surface area contributed by atoms with E-state index in [2.05, 4.69) is 4.90 Å². The van der Waals surface area contributed by atoms with Gasteiger partial charge in [0.15, 0.2) is 0 Å². The van der Waals surface area contributed by atoms with E-state index in [0.717, 1.165) is 12.1 Å². The Balaban J connectivity index is 2.47. The van der Waals surface area contributed by atoms with Crippen LogP contribution < -0.4 is 0 Å². The number of benzene rings is 1. The van der Waals surface area contributed by atoms with Crippen LogP contribution in [0.4, 0.5) is 0 Å². The van der Waals surface area contributed by atoms with Crippen LogP contribution in [0.5, 0.6) is 5.75 Å². The summed E-state index contributed by atoms with van der Waals surface area (Å²) < 4.78 is 5.47. The summed E-state index contributed by atoms with van der Waals surface area (Å²) in [5.74, 6) is 0.245. The minimum atomic E-state index is 0.245. The first-order valence-electron chi connectivity index (χ1n) is 5.77. The number of rotatable bonds is 6. The lowest BCUT2D eigenvalue weighted by atomic mass is 10.2. The van der Waals surface area contributed by atoms with Crippen molar-refractivity contribution in [2.75, 3.05) is 20.2 Å². The average molecular weight is 258 g/mol. The Kier molecular flexibility index (Phi) is 5.75. The Bertz CT molecular complexity index is 335. The van der Waals surface area contributed by atoms with Crippen molar-refractivity contribution in [1.29, 1.82) is 0 Å². The fourth-order valence-corrected chi connectivity index (χ4v) is 1.73. The summed E-state index contributed by atoms with van der Waals surface area (Å²) in [5.41, 5.74) is 0.765. The molecule has 0 saturated carbocycles. The topological polar surface area (TPSA) is 32.7 Å². The molecule has 0 atom stereocenters. The number of hydrogen-bond acceptors (Lipinski definition) is 3. The fourth-order valence-electron chi connectivity index (χ4n) is 1.50. The molecule has 0 bridgehead atoms. The predicted molar refractivity (Wildman–Crippen MR) is 70.5 cm³/mol. The van der Waals surface area contributed by atoms with Gasteiger partial charge in [-0.05, 0) is 33.0 Å². The van der Waals surface area contributed by atoms with Crippen LogP contribution in [-0.4, -0.2) is 36.3 Å². The number of aromatic hydroxyl groups is 1. The standard InChI is InChI=1S/C13H20ClNO2/c1-10(2)17-8-7-15(3)9-11-12(14)5-4-6-13(11)16/h4-6,10,16H,7-9H2,1-3H3. The highest BCUT2D eigenvalue weighted by atomic mass is 35.5. The largest absolute Gasteiger partial charge is 0.508 e. The Labute approximate surface area is 108 Å². The molecule has 17 heavy (non-hydrogen) atoms. The van der Waals surface area contributed by atoms with Gasteiger partial charge in [0.25, 0.3) is 0 Å². The SMILES string of the molecule is CC(C)OCCN(C)Cc1c(O)cccc1Cl. The summed E-state index contributed by atoms with van der Waals surface area (Å²) in [6, 6.07) is 5.18. The van der Waals surface area contributed by atoms with Crippen LogP contribution in [0.25, 0.3) is 0 Å². The number of phenols is 1. The van der Waals surface area contributed by atoms with Crippen molar-refractivity contribution in [2.45, 2.75) is 26.5 Å². The molecule has 0 aliphatic heterocycles. The first-order valence-corrected chi connectivity index (χ1v) is 6.15. The van der Waals surface area contributed by atoms with Gasteiger partial charge in [0.1, 0.15) is 5.75 Å². The first-order chi connectivity index (χ1) is 8.00. The highest BCUT2D eigenvalue weighted by molar-refractivity contribution is 6.31. The molecule has 96 valence electrons. The second-order valence-electron chi connectivity index (χ2n) is 4.39. The van der Waals surface area contributed by atoms with Crippen molar-refractivity contribution in [3.05, 3.63) is 28.8 Å². The summed E-state index contributed by atoms with van der Waals surface area (Å²) in [4.78, 5) is 2.07. The van der Waals surface area contributed by atoms with Crippen LogP contribution in [0.2, 0.25) is 5.02 Å². The van der Waals surface area contributed by atoms with Gasteiger partial charge < -0.3 is 9.84 Å². The van der Waals surface area contributed by atoms with Gasteiger partial charge in [0, 0.05) is 23.7 Å². The molecule has 0 aliphatic rings. The Hall–Kier alpha value is -0.770. The highest BCUT2D eigenvalue weighted by Crippen LogP contribution is 2.26. The van der Waals surface area contributed by atoms with Crippen molar-refractivity contribution in [3.63, 3.8) is 0 Å². The van der Waals surface area contributed by atoms with Crippen LogP contribution in [0, 0.1) is 0 Å². The van der Waals surface area contributed by atoms with Crippen molar-refractivity contribution in [2.24, 2.45) is 0 Å². The molecule has 3 nitrogen and oxygen atoms in total. The highest BCUT2D eigenvalue weighted by Gasteiger charge is 2.09. The molecule has 0 radical (unpaired) electrons. The lowest BCUT2D eigenvalue weighted by Gasteiger charge is -2.19. The molecule has 0 saturated heterocycles. The van der Waals surface area contributed by atoms with Gasteiger partial charge in [-0.1, -0.05) is 17.7 Å². The number of nitrogens with zero attached hydrogens (tertiary/aromatic N) is 1. The molecule has 0 amide bonds. The van der Waals surface area contributed by atoms with Gasteiger partial charge >= 0.3 is 0 Å². The lowest BCUT2D eigenvalue weighted by Crippen LogP contribution is -2.24. The molecule has 0 fully saturated rings. The van der Waals surface area contributed by atoms with Gasteiger partial charge in [0.2, 0.25) is 0 Å². The van der Waals surface area contributed by atoms with Gasteiger partial charge in [-0.25, -0.2) is 0 Å². The zero-order valence-corrected chi connectivity index (χ0v) is 11.4. The maximum absolute atomic E-state index is 9.71. The van der Waals surface area contributed by atoms with E-state index in [-0.39, 0.29) is 11.9 Å². The van der Waals surface area contributed by atoms with Crippen molar-refractivity contribution < 1.29 is 9.84 Å². The van der Waals surface area contributed by atoms with Crippen LogP contribution >= 0.6 is 11.6 Å². The average Bonchev–Trinajstić information content (AvgIpc) is 2.23. The Morgan fingerprint density at radius 1 is 1.41 bits per heavy atom. The lowest BCUT2D eigenvalue weighted by molar-refractivity contribution is 0.0626. The molecular weight excluding hydrogens is 238 g/mol. The van der Waals surface area contributed by atoms with Gasteiger partial charge in [-0.3, -0.25) is 4.90 Å². The number of halogens is 1. The summed E-state index contributed by atoms with van der Waals surface area (Å²) in [6.07, 6.45) is 0.247. The van der Waals surface area contributed by atoms with Crippen LogP contribution in [0.15, 0.2) is 18.2 Å². The second kappa shape index (κ2) is 6.84. The van der Waals surface area contributed by atoms with Gasteiger partial charge in [-0.15, -0.1) is 0 Å². The first kappa shape index (κ1) is 14.3. The van der Waals surface area contributed by atoms with Crippen LogP contribution in [0.3, 0.4) is 0 Å². The maximum atomic E-state index is 9.71. The van der Waals surface area contributed by atoms with E-state index >= 15 is 0 Å². The van der Waals surface area contributed by atoms with Crippen molar-refractivity contribution in [3.8, 4) is 5.75 Å². The molecule has 0 aromatic heterocycles. The fraction of sp³-hybridized carbons (Fsp3) is 0.538. The number of likely N-dealkylation sites (N-methyl/N-ethyl adjacent to an activating group) is 1. The van der Waals surface area contributed by atoms with Gasteiger partial charge in [0.05, 0.1) is 12.7 Å². The maximum Gasteiger partial charge on any atom is 0.121 e. The smallest absolute Gasteiger partial charge is 0.121 e. The number of phenolic OH excluding ortho intramolecular Hbond substituents is 1. The van der Waals surface area contributed by atoms with E-state index in [9.17, 15) is 5.11 Å². The predicted octanol–water partition coefficient (Wildman–Crippen LogP) is 2.90. The van der Waals surface area contributed by atoms with E-state index in [1.807, 2.05) is 20.9 Å². The molecule has 1 aromatic carbocycles. The van der Waals surface area contributed by atoms with E-state index < -0.39 is 0 Å². The van der Waals surface area contributed by atoms with E-state index in [0.29, 0.717) is 18.2 Å². The van der Waals surface area contributed by atoms with E-state index in [4.69, 9.17) is 16.3 Å². The minimum absolute atomic E-state index is 0.245. The number of hydrogen-bond donors (Lipinski definition) is 1. The third kappa shape index (κ3) is 4.94. The third-order valence-electron chi connectivity index (χ3n) is 2.45. The normalized spacial score (nSPS) is 11.4. The monoisotopic (exact) mass is 257 g/mol. The van der Waals surface area contributed by atoms with Crippen LogP contribution in [-0.2, 0) is 11.3 Å². The summed E-state index contributed by atoms with van der Waals surface area (Å²) in [5, 5.41) is 10.3. The molecule has 1 aromatic rings. The molecule has 4 heteroatoms. The van der Waals surface area contributed by atoms with E-state index in [1.54, 1.807) is 18.2 Å². The molecule has 1 rings (SSSR count). The van der Waals surface area contributed by atoms with Crippen molar-refractivity contribution >= 4 is 11.6 Å². The Morgan fingerprint density at radius 2 is 2.12 bits per heavy atom. The van der Waals surface area contributed by atoms with E-state index in [1.165, 1.54) is 0 Å². The van der Waals surface area contributed by atoms with Gasteiger partial charge in [-0.2, -0.15) is 0 Å². The quantitative estimate of drug-likeness (QED) is 0.851. The molecule has 1 N–H and O–H groups in total. The molecule has 0 unspecified atom stereocenters. The number of ether oxygens (including phenoxy) is 1. The summed E-state index contributed by atoms with van der Waals surface area (Å²) in [6.45, 7) is 6.13. The zero-order chi connectivity index (χ0) is 12.8. The Morgan fingerprint density at radius 3 is 2.71 bits per heavy atom. The molecule has 0 spiro atoms. The van der Waals surface area contributed by atoms with Crippen molar-refractivity contribution in [1.82, 2.24) is 4.90 Å². The van der Waals surface area contributed by atoms with Crippen LogP contribution in [0.1, 0.15) is 19.4 Å². The third-order valence-corrected chi connectivity index (χ3v) is 2.80. The molecule has 0 aliphatic carbocycles. The minimum Gasteiger partial charge on any atom is -0.508 e. The second-order valence-corrected chi connectivity index (χ2v) is 4.80. The molecule has 0 heterocycles. The zero-order valence-electron chi connectivity index (χ0n) is 10.6. The summed E-state index contributed by atoms with van der Waals surface area (Å²) >= 11 is 6.04. The molecular formula is C13H20ClNO2. The summed E-state index contributed by atoms with van der Waals surface area (Å²) in [7, 11) is 1.98.